The molecule has 0 spiro atoms. The molecule has 0 aromatic rings. The highest BCUT2D eigenvalue weighted by Gasteiger charge is 2.50. The predicted octanol–water partition coefficient (Wildman–Crippen LogP) is -0.394. The fourth-order valence-corrected chi connectivity index (χ4v) is 2.20. The average molecular weight is 428 g/mol. The monoisotopic (exact) mass is 427 g/mol. The summed E-state index contributed by atoms with van der Waals surface area (Å²) in [6.45, 7) is 4.32. The van der Waals surface area contributed by atoms with E-state index >= 15 is 0 Å². The van der Waals surface area contributed by atoms with E-state index in [1.807, 2.05) is 0 Å². The van der Waals surface area contributed by atoms with Gasteiger partial charge in [0.05, 0.1) is 0 Å². The SMILES string of the molecule is Br.CC(=O)OC[C@H]1O[C@H](OC(C)=O)[C@H](N)[C@@H](OC(C)=O)[C@H]1OC(C)=O. The Labute approximate surface area is 155 Å². The van der Waals surface area contributed by atoms with Crippen molar-refractivity contribution in [2.45, 2.75) is 58.3 Å². The molecule has 0 bridgehead atoms. The van der Waals surface area contributed by atoms with Crippen molar-refractivity contribution in [3.63, 3.8) is 0 Å². The van der Waals surface area contributed by atoms with Gasteiger partial charge in [0.1, 0.15) is 18.8 Å². The zero-order valence-corrected chi connectivity index (χ0v) is 16.0. The van der Waals surface area contributed by atoms with Crippen LogP contribution in [0.5, 0.6) is 0 Å². The van der Waals surface area contributed by atoms with Gasteiger partial charge < -0.3 is 29.4 Å². The minimum absolute atomic E-state index is 0. The van der Waals surface area contributed by atoms with Crippen molar-refractivity contribution in [3.05, 3.63) is 0 Å². The summed E-state index contributed by atoms with van der Waals surface area (Å²) in [7, 11) is 0. The van der Waals surface area contributed by atoms with Gasteiger partial charge in [0.25, 0.3) is 0 Å². The Morgan fingerprint density at radius 3 is 1.76 bits per heavy atom. The van der Waals surface area contributed by atoms with Crippen LogP contribution in [0.3, 0.4) is 0 Å². The van der Waals surface area contributed by atoms with E-state index in [9.17, 15) is 19.2 Å². The molecule has 144 valence electrons. The van der Waals surface area contributed by atoms with Crippen LogP contribution in [0.1, 0.15) is 27.7 Å². The summed E-state index contributed by atoms with van der Waals surface area (Å²) in [5, 5.41) is 0. The van der Waals surface area contributed by atoms with E-state index in [1.54, 1.807) is 0 Å². The normalized spacial score (nSPS) is 28.1. The molecule has 11 heteroatoms. The van der Waals surface area contributed by atoms with Crippen LogP contribution in [0.4, 0.5) is 0 Å². The zero-order valence-electron chi connectivity index (χ0n) is 14.3. The van der Waals surface area contributed by atoms with Gasteiger partial charge in [0.15, 0.2) is 12.2 Å². The fraction of sp³-hybridized carbons (Fsp3) is 0.714. The zero-order chi connectivity index (χ0) is 18.4. The highest BCUT2D eigenvalue weighted by atomic mass is 79.9. The third kappa shape index (κ3) is 7.36. The van der Waals surface area contributed by atoms with Crippen LogP contribution >= 0.6 is 17.0 Å². The molecule has 5 atom stereocenters. The fourth-order valence-electron chi connectivity index (χ4n) is 2.20. The minimum Gasteiger partial charge on any atom is -0.463 e. The molecule has 1 aliphatic rings. The van der Waals surface area contributed by atoms with E-state index < -0.39 is 54.5 Å². The van der Waals surface area contributed by atoms with Gasteiger partial charge in [-0.25, -0.2) is 0 Å². The van der Waals surface area contributed by atoms with Crippen molar-refractivity contribution in [1.29, 1.82) is 0 Å². The summed E-state index contributed by atoms with van der Waals surface area (Å²) in [5.41, 5.74) is 5.93. The van der Waals surface area contributed by atoms with Gasteiger partial charge in [-0.2, -0.15) is 0 Å². The number of nitrogens with two attached hydrogens (primary N) is 1. The molecule has 0 aromatic carbocycles. The molecule has 2 N–H and O–H groups in total. The molecule has 1 rings (SSSR count). The Hall–Kier alpha value is -1.72. The molecule has 0 radical (unpaired) electrons. The summed E-state index contributed by atoms with van der Waals surface area (Å²) in [6.07, 6.45) is -4.58. The molecule has 1 saturated heterocycles. The highest BCUT2D eigenvalue weighted by molar-refractivity contribution is 8.93. The van der Waals surface area contributed by atoms with Gasteiger partial charge in [0.2, 0.25) is 6.29 Å². The lowest BCUT2D eigenvalue weighted by Crippen LogP contribution is -2.65. The third-order valence-electron chi connectivity index (χ3n) is 3.03. The van der Waals surface area contributed by atoms with Crippen molar-refractivity contribution >= 4 is 40.9 Å². The standard InChI is InChI=1S/C14H21NO9.BrH/c1-6(16)20-5-10-12(21-7(2)17)13(22-8(3)18)11(15)14(24-10)23-9(4)19;/h10-14H,5,15H2,1-4H3;1H/t10-,11-,12+,13-,14+;/m1./s1. The Morgan fingerprint density at radius 1 is 0.840 bits per heavy atom. The second-order valence-corrected chi connectivity index (χ2v) is 5.18. The van der Waals surface area contributed by atoms with Crippen molar-refractivity contribution in [2.24, 2.45) is 5.73 Å². The number of ether oxygens (including phenoxy) is 5. The van der Waals surface area contributed by atoms with Gasteiger partial charge in [0, 0.05) is 27.7 Å². The number of carbonyl (C=O) groups excluding carboxylic acids is 4. The first-order chi connectivity index (χ1) is 11.1. The van der Waals surface area contributed by atoms with E-state index in [4.69, 9.17) is 29.4 Å². The Balaban J connectivity index is 0.00000576. The second kappa shape index (κ2) is 10.3. The molecule has 0 aromatic heterocycles. The van der Waals surface area contributed by atoms with Crippen LogP contribution in [0.25, 0.3) is 0 Å². The molecule has 0 unspecified atom stereocenters. The van der Waals surface area contributed by atoms with Crippen LogP contribution in [-0.2, 0) is 42.9 Å². The third-order valence-corrected chi connectivity index (χ3v) is 3.03. The van der Waals surface area contributed by atoms with Crippen LogP contribution in [0, 0.1) is 0 Å². The van der Waals surface area contributed by atoms with E-state index in [-0.39, 0.29) is 23.6 Å². The van der Waals surface area contributed by atoms with Gasteiger partial charge in [-0.3, -0.25) is 19.2 Å². The lowest BCUT2D eigenvalue weighted by atomic mass is 9.97. The molecule has 0 saturated carbocycles. The van der Waals surface area contributed by atoms with Crippen LogP contribution < -0.4 is 5.73 Å². The first-order valence-electron chi connectivity index (χ1n) is 7.18. The first kappa shape index (κ1) is 23.3. The average Bonchev–Trinajstić information content (AvgIpc) is 2.42. The van der Waals surface area contributed by atoms with Gasteiger partial charge in [-0.15, -0.1) is 17.0 Å². The van der Waals surface area contributed by atoms with Gasteiger partial charge in [-0.1, -0.05) is 0 Å². The maximum absolute atomic E-state index is 11.3. The minimum atomic E-state index is -1.26. The smallest absolute Gasteiger partial charge is 0.304 e. The van der Waals surface area contributed by atoms with Crippen LogP contribution in [-0.4, -0.2) is 61.1 Å². The van der Waals surface area contributed by atoms with Crippen molar-refractivity contribution in [2.75, 3.05) is 6.61 Å². The van der Waals surface area contributed by atoms with Crippen molar-refractivity contribution in [3.8, 4) is 0 Å². The van der Waals surface area contributed by atoms with E-state index in [0.29, 0.717) is 0 Å². The predicted molar refractivity (Wildman–Crippen MR) is 86.5 cm³/mol. The van der Waals surface area contributed by atoms with Gasteiger partial charge in [-0.05, 0) is 0 Å². The maximum atomic E-state index is 11.3. The molecular formula is C14H22BrNO9. The Kier molecular flexibility index (Phi) is 9.60. The number of halogens is 1. The first-order valence-corrected chi connectivity index (χ1v) is 7.18. The number of hydrogen-bond donors (Lipinski definition) is 1. The quantitative estimate of drug-likeness (QED) is 0.455. The molecule has 0 amide bonds. The number of hydrogen-bond acceptors (Lipinski definition) is 10. The molecule has 0 aliphatic carbocycles. The van der Waals surface area contributed by atoms with E-state index in [2.05, 4.69) is 0 Å². The van der Waals surface area contributed by atoms with E-state index in [0.717, 1.165) is 20.8 Å². The number of carbonyl (C=O) groups is 4. The molecule has 1 heterocycles. The summed E-state index contributed by atoms with van der Waals surface area (Å²) in [4.78, 5) is 44.9. The molecule has 1 fully saturated rings. The largest absolute Gasteiger partial charge is 0.463 e. The Bertz CT molecular complexity index is 497. The number of esters is 4. The molecule has 1 aliphatic heterocycles. The van der Waals surface area contributed by atoms with Gasteiger partial charge >= 0.3 is 23.9 Å². The topological polar surface area (TPSA) is 140 Å². The van der Waals surface area contributed by atoms with Crippen LogP contribution in [0.15, 0.2) is 0 Å². The van der Waals surface area contributed by atoms with Crippen molar-refractivity contribution in [1.82, 2.24) is 0 Å². The lowest BCUT2D eigenvalue weighted by molar-refractivity contribution is -0.267. The second-order valence-electron chi connectivity index (χ2n) is 5.18. The molecule has 10 nitrogen and oxygen atoms in total. The van der Waals surface area contributed by atoms with Crippen LogP contribution in [0.2, 0.25) is 0 Å². The summed E-state index contributed by atoms with van der Waals surface area (Å²) >= 11 is 0. The summed E-state index contributed by atoms with van der Waals surface area (Å²) in [6, 6.07) is -1.10. The molecule has 25 heavy (non-hydrogen) atoms. The maximum Gasteiger partial charge on any atom is 0.304 e. The lowest BCUT2D eigenvalue weighted by Gasteiger charge is -2.42. The summed E-state index contributed by atoms with van der Waals surface area (Å²) in [5.74, 6) is -2.62. The molecular weight excluding hydrogens is 406 g/mol. The Morgan fingerprint density at radius 2 is 1.32 bits per heavy atom. The van der Waals surface area contributed by atoms with Crippen molar-refractivity contribution < 1.29 is 42.9 Å². The summed E-state index contributed by atoms with van der Waals surface area (Å²) < 4.78 is 25.5. The highest BCUT2D eigenvalue weighted by Crippen LogP contribution is 2.26. The van der Waals surface area contributed by atoms with E-state index in [1.165, 1.54) is 6.92 Å². The number of rotatable bonds is 5.